The molecule has 0 aliphatic heterocycles. The van der Waals surface area contributed by atoms with Crippen LogP contribution in [0.2, 0.25) is 0 Å². The summed E-state index contributed by atoms with van der Waals surface area (Å²) in [7, 11) is 0. The molecule has 0 heterocycles. The number of hydrogen-bond acceptors (Lipinski definition) is 2. The molecule has 0 spiro atoms. The average molecular weight is 203 g/mol. The van der Waals surface area contributed by atoms with Crippen LogP contribution in [0.5, 0.6) is 0 Å². The lowest BCUT2D eigenvalue weighted by Gasteiger charge is -2.49. The van der Waals surface area contributed by atoms with E-state index >= 15 is 0 Å². The van der Waals surface area contributed by atoms with Gasteiger partial charge in [0.05, 0.1) is 6.10 Å². The van der Waals surface area contributed by atoms with Gasteiger partial charge in [0.1, 0.15) is 0 Å². The van der Waals surface area contributed by atoms with E-state index in [-0.39, 0.29) is 17.1 Å². The maximum Gasteiger partial charge on any atom is 0.0575 e. The van der Waals surface area contributed by atoms with E-state index in [0.29, 0.717) is 0 Å². The van der Waals surface area contributed by atoms with Gasteiger partial charge in [-0.2, -0.15) is 0 Å². The molecule has 2 fully saturated rings. The lowest BCUT2D eigenvalue weighted by molar-refractivity contribution is 0.00239. The summed E-state index contributed by atoms with van der Waals surface area (Å²) >= 11 is 0. The molecule has 0 bridgehead atoms. The Kier molecular flexibility index (Phi) is 1.77. The third-order valence-electron chi connectivity index (χ3n) is 4.23. The Morgan fingerprint density at radius 3 is 2.20 bits per heavy atom. The maximum absolute atomic E-state index is 9.44. The second-order valence-electron chi connectivity index (χ2n) is 5.17. The van der Waals surface area contributed by atoms with Gasteiger partial charge in [0.15, 0.2) is 0 Å². The monoisotopic (exact) mass is 203 g/mol. The number of benzene rings is 1. The van der Waals surface area contributed by atoms with Gasteiger partial charge >= 0.3 is 0 Å². The molecule has 0 amide bonds. The molecule has 0 unspecified atom stereocenters. The molecular formula is C13H17NO. The Balaban J connectivity index is 1.92. The normalized spacial score (nSPS) is 37.1. The first kappa shape index (κ1) is 9.37. The van der Waals surface area contributed by atoms with Crippen LogP contribution in [-0.2, 0) is 5.41 Å². The number of nitrogens with two attached hydrogens (primary N) is 1. The van der Waals surface area contributed by atoms with Crippen molar-refractivity contribution in [2.24, 2.45) is 5.73 Å². The molecule has 0 radical (unpaired) electrons. The SMILES string of the molecule is NC1(C2(c3ccccc3)CC2)CC(O)C1. The second-order valence-corrected chi connectivity index (χ2v) is 5.17. The summed E-state index contributed by atoms with van der Waals surface area (Å²) in [5.41, 5.74) is 7.80. The Morgan fingerprint density at radius 2 is 1.73 bits per heavy atom. The Morgan fingerprint density at radius 1 is 1.13 bits per heavy atom. The molecule has 1 aromatic rings. The summed E-state index contributed by atoms with van der Waals surface area (Å²) in [5.74, 6) is 0. The number of rotatable bonds is 2. The van der Waals surface area contributed by atoms with Crippen molar-refractivity contribution in [3.8, 4) is 0 Å². The topological polar surface area (TPSA) is 46.2 Å². The average Bonchev–Trinajstić information content (AvgIpc) is 2.98. The smallest absolute Gasteiger partial charge is 0.0575 e. The summed E-state index contributed by atoms with van der Waals surface area (Å²) in [6.45, 7) is 0. The molecule has 0 saturated heterocycles. The molecule has 0 atom stereocenters. The van der Waals surface area contributed by atoms with Gasteiger partial charge in [0.2, 0.25) is 0 Å². The molecule has 2 heteroatoms. The lowest BCUT2D eigenvalue weighted by atomic mass is 9.62. The van der Waals surface area contributed by atoms with Gasteiger partial charge in [-0.1, -0.05) is 30.3 Å². The summed E-state index contributed by atoms with van der Waals surface area (Å²) in [5, 5.41) is 9.44. The van der Waals surface area contributed by atoms with Crippen LogP contribution in [0.15, 0.2) is 30.3 Å². The van der Waals surface area contributed by atoms with E-state index in [1.165, 1.54) is 18.4 Å². The van der Waals surface area contributed by atoms with Crippen LogP contribution in [0.1, 0.15) is 31.2 Å². The molecule has 2 nitrogen and oxygen atoms in total. The Labute approximate surface area is 90.1 Å². The quantitative estimate of drug-likeness (QED) is 0.766. The summed E-state index contributed by atoms with van der Waals surface area (Å²) in [6.07, 6.45) is 3.72. The van der Waals surface area contributed by atoms with Crippen LogP contribution in [0.25, 0.3) is 0 Å². The van der Waals surface area contributed by atoms with E-state index in [1.807, 2.05) is 6.07 Å². The van der Waals surface area contributed by atoms with Crippen molar-refractivity contribution in [2.45, 2.75) is 42.7 Å². The predicted molar refractivity (Wildman–Crippen MR) is 59.5 cm³/mol. The van der Waals surface area contributed by atoms with Gasteiger partial charge in [0.25, 0.3) is 0 Å². The van der Waals surface area contributed by atoms with Gasteiger partial charge < -0.3 is 10.8 Å². The van der Waals surface area contributed by atoms with Crippen LogP contribution in [0, 0.1) is 0 Å². The largest absolute Gasteiger partial charge is 0.393 e. The highest BCUT2D eigenvalue weighted by molar-refractivity contribution is 5.39. The van der Waals surface area contributed by atoms with Crippen molar-refractivity contribution in [1.82, 2.24) is 0 Å². The molecule has 0 aromatic heterocycles. The van der Waals surface area contributed by atoms with Crippen LogP contribution < -0.4 is 5.73 Å². The zero-order valence-electron chi connectivity index (χ0n) is 8.82. The zero-order chi connectivity index (χ0) is 10.5. The third kappa shape index (κ3) is 1.18. The first-order valence-corrected chi connectivity index (χ1v) is 5.69. The fourth-order valence-corrected chi connectivity index (χ4v) is 3.13. The molecule has 1 aromatic carbocycles. The first-order valence-electron chi connectivity index (χ1n) is 5.69. The highest BCUT2D eigenvalue weighted by Gasteiger charge is 2.62. The summed E-state index contributed by atoms with van der Waals surface area (Å²) in [4.78, 5) is 0. The van der Waals surface area contributed by atoms with Crippen LogP contribution >= 0.6 is 0 Å². The van der Waals surface area contributed by atoms with Crippen LogP contribution in [-0.4, -0.2) is 16.7 Å². The zero-order valence-corrected chi connectivity index (χ0v) is 8.82. The highest BCUT2D eigenvalue weighted by atomic mass is 16.3. The molecule has 3 N–H and O–H groups in total. The van der Waals surface area contributed by atoms with Crippen molar-refractivity contribution < 1.29 is 5.11 Å². The van der Waals surface area contributed by atoms with E-state index in [4.69, 9.17) is 5.73 Å². The summed E-state index contributed by atoms with van der Waals surface area (Å²) in [6, 6.07) is 10.5. The molecular weight excluding hydrogens is 186 g/mol. The maximum atomic E-state index is 9.44. The van der Waals surface area contributed by atoms with E-state index < -0.39 is 0 Å². The van der Waals surface area contributed by atoms with Gasteiger partial charge in [-0.15, -0.1) is 0 Å². The van der Waals surface area contributed by atoms with Gasteiger partial charge in [-0.3, -0.25) is 0 Å². The molecule has 2 saturated carbocycles. The molecule has 15 heavy (non-hydrogen) atoms. The molecule has 2 aliphatic carbocycles. The minimum absolute atomic E-state index is 0.145. The number of aliphatic hydroxyl groups excluding tert-OH is 1. The highest BCUT2D eigenvalue weighted by Crippen LogP contribution is 2.60. The Bertz CT molecular complexity index is 363. The van der Waals surface area contributed by atoms with Crippen molar-refractivity contribution in [2.75, 3.05) is 0 Å². The predicted octanol–water partition coefficient (Wildman–Crippen LogP) is 1.57. The summed E-state index contributed by atoms with van der Waals surface area (Å²) < 4.78 is 0. The van der Waals surface area contributed by atoms with Crippen molar-refractivity contribution in [1.29, 1.82) is 0 Å². The van der Waals surface area contributed by atoms with E-state index in [9.17, 15) is 5.11 Å². The van der Waals surface area contributed by atoms with E-state index in [0.717, 1.165) is 12.8 Å². The molecule has 2 aliphatic rings. The van der Waals surface area contributed by atoms with Gasteiger partial charge in [0, 0.05) is 11.0 Å². The van der Waals surface area contributed by atoms with Gasteiger partial charge in [-0.25, -0.2) is 0 Å². The number of hydrogen-bond donors (Lipinski definition) is 2. The Hall–Kier alpha value is -0.860. The van der Waals surface area contributed by atoms with E-state index in [2.05, 4.69) is 24.3 Å². The van der Waals surface area contributed by atoms with Crippen molar-refractivity contribution in [3.05, 3.63) is 35.9 Å². The number of aliphatic hydroxyl groups is 1. The minimum Gasteiger partial charge on any atom is -0.393 e. The fourth-order valence-electron chi connectivity index (χ4n) is 3.13. The van der Waals surface area contributed by atoms with E-state index in [1.54, 1.807) is 0 Å². The second kappa shape index (κ2) is 2.83. The standard InChI is InChI=1S/C13H17NO/c14-13(8-11(15)9-13)12(6-7-12)10-4-2-1-3-5-10/h1-5,11,15H,6-9,14H2. The van der Waals surface area contributed by atoms with Gasteiger partial charge in [-0.05, 0) is 31.2 Å². The minimum atomic E-state index is -0.170. The first-order chi connectivity index (χ1) is 7.16. The molecule has 3 rings (SSSR count). The fraction of sp³-hybridized carbons (Fsp3) is 0.538. The third-order valence-corrected chi connectivity index (χ3v) is 4.23. The van der Waals surface area contributed by atoms with Crippen LogP contribution in [0.4, 0.5) is 0 Å². The van der Waals surface area contributed by atoms with Crippen molar-refractivity contribution in [3.63, 3.8) is 0 Å². The van der Waals surface area contributed by atoms with Crippen molar-refractivity contribution >= 4 is 0 Å². The molecule has 80 valence electrons. The van der Waals surface area contributed by atoms with Crippen LogP contribution in [0.3, 0.4) is 0 Å². The lowest BCUT2D eigenvalue weighted by Crippen LogP contribution is -2.62.